The van der Waals surface area contributed by atoms with E-state index in [1.54, 1.807) is 20.3 Å². The third-order valence-corrected chi connectivity index (χ3v) is 4.00. The first-order valence-corrected chi connectivity index (χ1v) is 7.01. The van der Waals surface area contributed by atoms with Gasteiger partial charge >= 0.3 is 0 Å². The summed E-state index contributed by atoms with van der Waals surface area (Å²) in [5, 5.41) is 3.56. The maximum atomic E-state index is 6.10. The number of hydrogen-bond acceptors (Lipinski definition) is 5. The zero-order valence-corrected chi connectivity index (χ0v) is 12.8. The van der Waals surface area contributed by atoms with Gasteiger partial charge in [0.25, 0.3) is 0 Å². The summed E-state index contributed by atoms with van der Waals surface area (Å²) < 4.78 is 10.6. The van der Waals surface area contributed by atoms with E-state index in [0.29, 0.717) is 29.1 Å². The Kier molecular flexibility index (Phi) is 4.60. The number of nitrogens with zero attached hydrogens (tertiary/aromatic N) is 1. The molecule has 0 amide bonds. The molecule has 20 heavy (non-hydrogen) atoms. The van der Waals surface area contributed by atoms with E-state index >= 15 is 0 Å². The van der Waals surface area contributed by atoms with E-state index in [-0.39, 0.29) is 0 Å². The number of nitrogen functional groups attached to an aromatic ring is 1. The smallest absolute Gasteiger partial charge is 0.162 e. The van der Waals surface area contributed by atoms with Crippen LogP contribution in [0.15, 0.2) is 12.1 Å². The molecule has 3 N–H and O–H groups in total. The van der Waals surface area contributed by atoms with Crippen LogP contribution in [-0.4, -0.2) is 45.3 Å². The van der Waals surface area contributed by atoms with E-state index in [0.717, 1.165) is 25.2 Å². The van der Waals surface area contributed by atoms with Gasteiger partial charge < -0.3 is 25.4 Å². The number of methoxy groups -OCH3 is 2. The van der Waals surface area contributed by atoms with Crippen LogP contribution < -0.4 is 20.5 Å². The van der Waals surface area contributed by atoms with Crippen LogP contribution in [0, 0.1) is 5.92 Å². The highest BCUT2D eigenvalue weighted by Gasteiger charge is 2.24. The quantitative estimate of drug-likeness (QED) is 0.826. The van der Waals surface area contributed by atoms with Gasteiger partial charge in [0.2, 0.25) is 0 Å². The molecule has 0 spiro atoms. The van der Waals surface area contributed by atoms with E-state index in [2.05, 4.69) is 24.2 Å². The second-order valence-corrected chi connectivity index (χ2v) is 5.57. The van der Waals surface area contributed by atoms with Gasteiger partial charge in [0.15, 0.2) is 11.5 Å². The molecule has 1 aromatic rings. The fourth-order valence-electron chi connectivity index (χ4n) is 2.79. The monoisotopic (exact) mass is 279 g/mol. The van der Waals surface area contributed by atoms with Crippen LogP contribution >= 0.6 is 0 Å². The van der Waals surface area contributed by atoms with Crippen molar-refractivity contribution in [1.82, 2.24) is 4.90 Å². The lowest BCUT2D eigenvalue weighted by Gasteiger charge is -2.36. The third-order valence-electron chi connectivity index (χ3n) is 4.00. The van der Waals surface area contributed by atoms with Crippen LogP contribution in [-0.2, 0) is 0 Å². The molecule has 5 nitrogen and oxygen atoms in total. The third kappa shape index (κ3) is 3.10. The number of hydrogen-bond donors (Lipinski definition) is 2. The van der Waals surface area contributed by atoms with E-state index in [4.69, 9.17) is 15.2 Å². The first kappa shape index (κ1) is 14.8. The Balaban J connectivity index is 2.16. The zero-order chi connectivity index (χ0) is 14.7. The first-order valence-electron chi connectivity index (χ1n) is 7.01. The van der Waals surface area contributed by atoms with Crippen molar-refractivity contribution in [1.29, 1.82) is 0 Å². The summed E-state index contributed by atoms with van der Waals surface area (Å²) >= 11 is 0. The first-order chi connectivity index (χ1) is 9.55. The molecular formula is C15H25N3O2. The van der Waals surface area contributed by atoms with Gasteiger partial charge in [0.05, 0.1) is 25.6 Å². The minimum atomic E-state index is 0.437. The SMILES string of the molecule is COc1cc(N)c(NC2CCN(C)CC2C)cc1OC. The molecule has 2 unspecified atom stereocenters. The van der Waals surface area contributed by atoms with Crippen LogP contribution in [0.4, 0.5) is 11.4 Å². The molecular weight excluding hydrogens is 254 g/mol. The Hall–Kier alpha value is -1.62. The van der Waals surface area contributed by atoms with Crippen molar-refractivity contribution >= 4 is 11.4 Å². The average Bonchev–Trinajstić information content (AvgIpc) is 2.43. The van der Waals surface area contributed by atoms with Crippen molar-refractivity contribution in [3.8, 4) is 11.5 Å². The molecule has 1 saturated heterocycles. The van der Waals surface area contributed by atoms with Gasteiger partial charge in [-0.25, -0.2) is 0 Å². The van der Waals surface area contributed by atoms with Crippen LogP contribution in [0.5, 0.6) is 11.5 Å². The largest absolute Gasteiger partial charge is 0.493 e. The van der Waals surface area contributed by atoms with E-state index < -0.39 is 0 Å². The molecule has 0 bridgehead atoms. The summed E-state index contributed by atoms with van der Waals surface area (Å²) in [5.41, 5.74) is 7.71. The van der Waals surface area contributed by atoms with Crippen molar-refractivity contribution < 1.29 is 9.47 Å². The zero-order valence-electron chi connectivity index (χ0n) is 12.8. The lowest BCUT2D eigenvalue weighted by Crippen LogP contribution is -2.43. The highest BCUT2D eigenvalue weighted by molar-refractivity contribution is 5.72. The molecule has 1 aromatic carbocycles. The lowest BCUT2D eigenvalue weighted by molar-refractivity contribution is 0.206. The summed E-state index contributed by atoms with van der Waals surface area (Å²) in [6, 6.07) is 4.16. The highest BCUT2D eigenvalue weighted by Crippen LogP contribution is 2.36. The number of ether oxygens (including phenoxy) is 2. The molecule has 2 rings (SSSR count). The summed E-state index contributed by atoms with van der Waals surface area (Å²) in [7, 11) is 5.41. The number of likely N-dealkylation sites (tertiary alicyclic amines) is 1. The predicted molar refractivity (Wildman–Crippen MR) is 82.6 cm³/mol. The van der Waals surface area contributed by atoms with Crippen molar-refractivity contribution in [3.63, 3.8) is 0 Å². The van der Waals surface area contributed by atoms with Gasteiger partial charge in [0, 0.05) is 24.7 Å². The van der Waals surface area contributed by atoms with Crippen molar-refractivity contribution in [2.24, 2.45) is 5.92 Å². The van der Waals surface area contributed by atoms with Crippen molar-refractivity contribution in [2.45, 2.75) is 19.4 Å². The van der Waals surface area contributed by atoms with Gasteiger partial charge in [-0.2, -0.15) is 0 Å². The minimum absolute atomic E-state index is 0.437. The Morgan fingerprint density at radius 2 is 1.90 bits per heavy atom. The fourth-order valence-corrected chi connectivity index (χ4v) is 2.79. The number of nitrogens with one attached hydrogen (secondary N) is 1. The molecule has 5 heteroatoms. The standard InChI is InChI=1S/C15H25N3O2/c1-10-9-18(2)6-5-12(10)17-13-8-15(20-4)14(19-3)7-11(13)16/h7-8,10,12,17H,5-6,9,16H2,1-4H3. The van der Waals surface area contributed by atoms with Crippen LogP contribution in [0.3, 0.4) is 0 Å². The Labute approximate surface area is 121 Å². The van der Waals surface area contributed by atoms with E-state index in [1.165, 1.54) is 0 Å². The maximum Gasteiger partial charge on any atom is 0.162 e. The van der Waals surface area contributed by atoms with Crippen molar-refractivity contribution in [2.75, 3.05) is 45.4 Å². The fraction of sp³-hybridized carbons (Fsp3) is 0.600. The van der Waals surface area contributed by atoms with Crippen molar-refractivity contribution in [3.05, 3.63) is 12.1 Å². The molecule has 0 aliphatic carbocycles. The second-order valence-electron chi connectivity index (χ2n) is 5.57. The Bertz CT molecular complexity index is 465. The summed E-state index contributed by atoms with van der Waals surface area (Å²) in [4.78, 5) is 2.36. The number of anilines is 2. The van der Waals surface area contributed by atoms with Gasteiger partial charge in [0.1, 0.15) is 0 Å². The Morgan fingerprint density at radius 3 is 2.50 bits per heavy atom. The summed E-state index contributed by atoms with van der Waals surface area (Å²) in [6.07, 6.45) is 1.12. The molecule has 0 saturated carbocycles. The lowest BCUT2D eigenvalue weighted by atomic mass is 9.94. The van der Waals surface area contributed by atoms with Crippen LogP contribution in [0.2, 0.25) is 0 Å². The van der Waals surface area contributed by atoms with E-state index in [1.807, 2.05) is 6.07 Å². The van der Waals surface area contributed by atoms with E-state index in [9.17, 15) is 0 Å². The molecule has 0 aromatic heterocycles. The predicted octanol–water partition coefficient (Wildman–Crippen LogP) is 2.04. The number of piperidine rings is 1. The number of benzene rings is 1. The van der Waals surface area contributed by atoms with Crippen LogP contribution in [0.1, 0.15) is 13.3 Å². The number of rotatable bonds is 4. The molecule has 1 heterocycles. The topological polar surface area (TPSA) is 59.8 Å². The second kappa shape index (κ2) is 6.22. The van der Waals surface area contributed by atoms with Gasteiger partial charge in [-0.3, -0.25) is 0 Å². The average molecular weight is 279 g/mol. The minimum Gasteiger partial charge on any atom is -0.493 e. The molecule has 2 atom stereocenters. The summed E-state index contributed by atoms with van der Waals surface area (Å²) in [5.74, 6) is 1.94. The normalized spacial score (nSPS) is 23.4. The Morgan fingerprint density at radius 1 is 1.25 bits per heavy atom. The van der Waals surface area contributed by atoms with Gasteiger partial charge in [-0.15, -0.1) is 0 Å². The maximum absolute atomic E-state index is 6.10. The molecule has 1 fully saturated rings. The van der Waals surface area contributed by atoms with Crippen LogP contribution in [0.25, 0.3) is 0 Å². The molecule has 1 aliphatic heterocycles. The van der Waals surface area contributed by atoms with Gasteiger partial charge in [-0.05, 0) is 25.9 Å². The molecule has 1 aliphatic rings. The summed E-state index contributed by atoms with van der Waals surface area (Å²) in [6.45, 7) is 4.48. The highest BCUT2D eigenvalue weighted by atomic mass is 16.5. The molecule has 112 valence electrons. The van der Waals surface area contributed by atoms with Gasteiger partial charge in [-0.1, -0.05) is 6.92 Å². The molecule has 0 radical (unpaired) electrons. The number of nitrogens with two attached hydrogens (primary N) is 1.